The molecule has 0 heterocycles. The Bertz CT molecular complexity index is 281. The Kier molecular flexibility index (Phi) is 6.41. The molecule has 2 fully saturated rings. The van der Waals surface area contributed by atoms with Crippen molar-refractivity contribution in [2.45, 2.75) is 90.3 Å². The van der Waals surface area contributed by atoms with Crippen molar-refractivity contribution in [2.75, 3.05) is 5.33 Å². The van der Waals surface area contributed by atoms with Crippen molar-refractivity contribution in [3.63, 3.8) is 0 Å². The van der Waals surface area contributed by atoms with Crippen LogP contribution in [-0.2, 0) is 4.74 Å². The van der Waals surface area contributed by atoms with Gasteiger partial charge in [0.15, 0.2) is 0 Å². The van der Waals surface area contributed by atoms with Crippen LogP contribution in [0.5, 0.6) is 0 Å². The van der Waals surface area contributed by atoms with E-state index < -0.39 is 0 Å². The number of hydrogen-bond donors (Lipinski definition) is 0. The third-order valence-corrected chi connectivity index (χ3v) is 6.91. The average molecular weight is 345 g/mol. The molecule has 118 valence electrons. The molecule has 0 saturated heterocycles. The molecular formula is C18H33BrO. The minimum Gasteiger partial charge on any atom is -0.371 e. The van der Waals surface area contributed by atoms with Crippen molar-refractivity contribution in [3.8, 4) is 0 Å². The summed E-state index contributed by atoms with van der Waals surface area (Å²) in [5.41, 5.74) is 0.140. The predicted octanol–water partition coefficient (Wildman–Crippen LogP) is 5.95. The molecule has 2 unspecified atom stereocenters. The van der Waals surface area contributed by atoms with Gasteiger partial charge in [-0.25, -0.2) is 0 Å². The van der Waals surface area contributed by atoms with Crippen LogP contribution in [0.15, 0.2) is 0 Å². The first-order valence-electron chi connectivity index (χ1n) is 8.84. The highest BCUT2D eigenvalue weighted by atomic mass is 79.9. The van der Waals surface area contributed by atoms with E-state index in [9.17, 15) is 0 Å². The van der Waals surface area contributed by atoms with Crippen LogP contribution >= 0.6 is 15.9 Å². The van der Waals surface area contributed by atoms with E-state index in [2.05, 4.69) is 36.7 Å². The maximum absolute atomic E-state index is 6.75. The van der Waals surface area contributed by atoms with E-state index in [-0.39, 0.29) is 5.60 Å². The van der Waals surface area contributed by atoms with Gasteiger partial charge in [0.25, 0.3) is 0 Å². The molecule has 0 amide bonds. The van der Waals surface area contributed by atoms with Gasteiger partial charge in [-0.05, 0) is 56.3 Å². The molecule has 20 heavy (non-hydrogen) atoms. The van der Waals surface area contributed by atoms with Gasteiger partial charge in [0.05, 0.1) is 11.7 Å². The van der Waals surface area contributed by atoms with Crippen LogP contribution in [0.4, 0.5) is 0 Å². The lowest BCUT2D eigenvalue weighted by Gasteiger charge is -2.45. The number of ether oxygens (including phenoxy) is 1. The summed E-state index contributed by atoms with van der Waals surface area (Å²) in [4.78, 5) is 0. The summed E-state index contributed by atoms with van der Waals surface area (Å²) < 4.78 is 6.75. The van der Waals surface area contributed by atoms with Crippen LogP contribution < -0.4 is 0 Å². The molecule has 0 aromatic heterocycles. The third-order valence-electron chi connectivity index (χ3n) is 5.89. The molecule has 1 nitrogen and oxygen atoms in total. The maximum atomic E-state index is 6.75. The van der Waals surface area contributed by atoms with Gasteiger partial charge < -0.3 is 4.74 Å². The fourth-order valence-electron chi connectivity index (χ4n) is 4.23. The van der Waals surface area contributed by atoms with Crippen LogP contribution in [0.25, 0.3) is 0 Å². The Labute approximate surface area is 134 Å². The molecule has 2 atom stereocenters. The molecule has 0 aromatic carbocycles. The topological polar surface area (TPSA) is 9.23 Å². The zero-order valence-electron chi connectivity index (χ0n) is 13.7. The minimum atomic E-state index is 0.140. The predicted molar refractivity (Wildman–Crippen MR) is 90.4 cm³/mol. The second-order valence-electron chi connectivity index (χ2n) is 7.51. The molecule has 0 spiro atoms. The molecule has 0 N–H and O–H groups in total. The zero-order valence-corrected chi connectivity index (χ0v) is 15.3. The fourth-order valence-corrected chi connectivity index (χ4v) is 4.93. The van der Waals surface area contributed by atoms with E-state index >= 15 is 0 Å². The lowest BCUT2D eigenvalue weighted by molar-refractivity contribution is -0.135. The molecule has 0 radical (unpaired) electrons. The van der Waals surface area contributed by atoms with E-state index in [0.29, 0.717) is 6.10 Å². The lowest BCUT2D eigenvalue weighted by atomic mass is 9.74. The highest BCUT2D eigenvalue weighted by Gasteiger charge is 2.39. The van der Waals surface area contributed by atoms with Crippen LogP contribution in [0.1, 0.15) is 78.6 Å². The van der Waals surface area contributed by atoms with E-state index in [1.54, 1.807) is 0 Å². The van der Waals surface area contributed by atoms with Gasteiger partial charge in [0.1, 0.15) is 0 Å². The summed E-state index contributed by atoms with van der Waals surface area (Å²) in [6.45, 7) is 7.09. The van der Waals surface area contributed by atoms with E-state index in [1.165, 1.54) is 57.8 Å². The van der Waals surface area contributed by atoms with Gasteiger partial charge in [0, 0.05) is 5.33 Å². The highest BCUT2D eigenvalue weighted by molar-refractivity contribution is 9.09. The molecule has 2 saturated carbocycles. The summed E-state index contributed by atoms with van der Waals surface area (Å²) in [7, 11) is 0. The highest BCUT2D eigenvalue weighted by Crippen LogP contribution is 2.42. The quantitative estimate of drug-likeness (QED) is 0.559. The van der Waals surface area contributed by atoms with E-state index in [0.717, 1.165) is 23.1 Å². The van der Waals surface area contributed by atoms with Crippen molar-refractivity contribution in [1.29, 1.82) is 0 Å². The number of hydrogen-bond acceptors (Lipinski definition) is 1. The summed E-state index contributed by atoms with van der Waals surface area (Å²) in [6.07, 6.45) is 12.5. The first-order valence-corrected chi connectivity index (χ1v) is 9.96. The molecule has 2 rings (SSSR count). The Morgan fingerprint density at radius 3 is 2.30 bits per heavy atom. The largest absolute Gasteiger partial charge is 0.371 e. The third kappa shape index (κ3) is 4.00. The molecule has 0 aromatic rings. The summed E-state index contributed by atoms with van der Waals surface area (Å²) >= 11 is 3.77. The minimum absolute atomic E-state index is 0.140. The SMILES string of the molecule is CCC1CCCCC1OC1(CBr)CCC(C(C)C)CC1. The van der Waals surface area contributed by atoms with Gasteiger partial charge in [-0.3, -0.25) is 0 Å². The maximum Gasteiger partial charge on any atom is 0.0783 e. The summed E-state index contributed by atoms with van der Waals surface area (Å²) in [6, 6.07) is 0. The van der Waals surface area contributed by atoms with Crippen LogP contribution in [0, 0.1) is 17.8 Å². The number of alkyl halides is 1. The number of halogens is 1. The van der Waals surface area contributed by atoms with Gasteiger partial charge in [-0.2, -0.15) is 0 Å². The molecular weight excluding hydrogens is 312 g/mol. The second kappa shape index (κ2) is 7.63. The van der Waals surface area contributed by atoms with Gasteiger partial charge in [0.2, 0.25) is 0 Å². The van der Waals surface area contributed by atoms with Crippen molar-refractivity contribution < 1.29 is 4.74 Å². The van der Waals surface area contributed by atoms with Crippen molar-refractivity contribution in [3.05, 3.63) is 0 Å². The average Bonchev–Trinajstić information content (AvgIpc) is 2.48. The lowest BCUT2D eigenvalue weighted by Crippen LogP contribution is -2.45. The second-order valence-corrected chi connectivity index (χ2v) is 8.07. The Hall–Kier alpha value is 0.440. The Morgan fingerprint density at radius 2 is 1.75 bits per heavy atom. The monoisotopic (exact) mass is 344 g/mol. The van der Waals surface area contributed by atoms with Gasteiger partial charge >= 0.3 is 0 Å². The first-order chi connectivity index (χ1) is 9.60. The van der Waals surface area contributed by atoms with Crippen molar-refractivity contribution in [2.24, 2.45) is 17.8 Å². The fraction of sp³-hybridized carbons (Fsp3) is 1.00. The van der Waals surface area contributed by atoms with Crippen LogP contribution in [-0.4, -0.2) is 17.0 Å². The van der Waals surface area contributed by atoms with Crippen LogP contribution in [0.2, 0.25) is 0 Å². The molecule has 0 aliphatic heterocycles. The normalized spacial score (nSPS) is 39.1. The van der Waals surface area contributed by atoms with E-state index in [1.807, 2.05) is 0 Å². The summed E-state index contributed by atoms with van der Waals surface area (Å²) in [5.74, 6) is 2.56. The number of rotatable bonds is 5. The Balaban J connectivity index is 1.94. The van der Waals surface area contributed by atoms with Crippen molar-refractivity contribution in [1.82, 2.24) is 0 Å². The Morgan fingerprint density at radius 1 is 1.10 bits per heavy atom. The molecule has 0 bridgehead atoms. The molecule has 2 aliphatic rings. The van der Waals surface area contributed by atoms with Crippen LogP contribution in [0.3, 0.4) is 0 Å². The molecule has 2 heteroatoms. The van der Waals surface area contributed by atoms with Crippen molar-refractivity contribution >= 4 is 15.9 Å². The first kappa shape index (κ1) is 16.8. The van der Waals surface area contributed by atoms with Gasteiger partial charge in [-0.1, -0.05) is 56.0 Å². The van der Waals surface area contributed by atoms with Gasteiger partial charge in [-0.15, -0.1) is 0 Å². The van der Waals surface area contributed by atoms with E-state index in [4.69, 9.17) is 4.74 Å². The zero-order chi connectivity index (χ0) is 14.6. The smallest absolute Gasteiger partial charge is 0.0783 e. The molecule has 2 aliphatic carbocycles. The standard InChI is InChI=1S/C18H33BrO/c1-4-15-7-5-6-8-17(15)20-18(13-19)11-9-16(10-12-18)14(2)3/h14-17H,4-13H2,1-3H3. The summed E-state index contributed by atoms with van der Waals surface area (Å²) in [5, 5.41) is 1.03.